The first-order valence-electron chi connectivity index (χ1n) is 4.19. The monoisotopic (exact) mass is 301 g/mol. The Hall–Kier alpha value is -1.40. The molecule has 2 aromatic rings. The summed E-state index contributed by atoms with van der Waals surface area (Å²) in [4.78, 5) is 10.6. The highest BCUT2D eigenvalue weighted by atomic mass is 79.9. The van der Waals surface area contributed by atoms with Gasteiger partial charge in [0.05, 0.1) is 16.9 Å². The molecule has 5 nitrogen and oxygen atoms in total. The van der Waals surface area contributed by atoms with E-state index in [1.165, 1.54) is 10.9 Å². The number of hydrogen-bond acceptors (Lipinski definition) is 3. The fraction of sp³-hybridized carbons (Fsp3) is 0. The SMILES string of the molecule is O=C(O)c1cn(-c2ccc(Cl)c(Br)c2)nn1. The Morgan fingerprint density at radius 3 is 2.81 bits per heavy atom. The van der Waals surface area contributed by atoms with Gasteiger partial charge in [-0.05, 0) is 34.1 Å². The summed E-state index contributed by atoms with van der Waals surface area (Å²) >= 11 is 9.11. The molecule has 16 heavy (non-hydrogen) atoms. The lowest BCUT2D eigenvalue weighted by atomic mass is 10.3. The molecule has 0 radical (unpaired) electrons. The zero-order chi connectivity index (χ0) is 11.7. The summed E-state index contributed by atoms with van der Waals surface area (Å²) in [5, 5.41) is 16.5. The van der Waals surface area contributed by atoms with Gasteiger partial charge < -0.3 is 5.11 Å². The fourth-order valence-corrected chi connectivity index (χ4v) is 1.60. The van der Waals surface area contributed by atoms with Gasteiger partial charge >= 0.3 is 5.97 Å². The molecule has 1 aromatic carbocycles. The summed E-state index contributed by atoms with van der Waals surface area (Å²) in [7, 11) is 0. The molecule has 0 amide bonds. The van der Waals surface area contributed by atoms with Crippen molar-refractivity contribution < 1.29 is 9.90 Å². The number of carbonyl (C=O) groups is 1. The number of nitrogens with zero attached hydrogens (tertiary/aromatic N) is 3. The Morgan fingerprint density at radius 1 is 1.50 bits per heavy atom. The zero-order valence-corrected chi connectivity index (χ0v) is 10.1. The molecule has 1 heterocycles. The molecule has 82 valence electrons. The van der Waals surface area contributed by atoms with Gasteiger partial charge in [-0.3, -0.25) is 0 Å². The second kappa shape index (κ2) is 4.23. The van der Waals surface area contributed by atoms with Crippen molar-refractivity contribution in [2.75, 3.05) is 0 Å². The molecule has 0 saturated carbocycles. The summed E-state index contributed by atoms with van der Waals surface area (Å²) in [5.74, 6) is -1.11. The molecule has 0 aliphatic heterocycles. The first-order valence-corrected chi connectivity index (χ1v) is 5.36. The second-order valence-corrected chi connectivity index (χ2v) is 4.21. The summed E-state index contributed by atoms with van der Waals surface area (Å²) in [5.41, 5.74) is 0.572. The average Bonchev–Trinajstić information content (AvgIpc) is 2.71. The van der Waals surface area contributed by atoms with Crippen molar-refractivity contribution >= 4 is 33.5 Å². The van der Waals surface area contributed by atoms with Crippen LogP contribution in [0.5, 0.6) is 0 Å². The van der Waals surface area contributed by atoms with E-state index in [0.717, 1.165) is 0 Å². The van der Waals surface area contributed by atoms with Crippen LogP contribution in [0.1, 0.15) is 10.5 Å². The molecule has 2 rings (SSSR count). The van der Waals surface area contributed by atoms with E-state index >= 15 is 0 Å². The van der Waals surface area contributed by atoms with Crippen LogP contribution in [-0.2, 0) is 0 Å². The molecule has 0 aliphatic carbocycles. The molecular weight excluding hydrogens is 297 g/mol. The lowest BCUT2D eigenvalue weighted by Crippen LogP contribution is -1.96. The molecule has 0 fully saturated rings. The van der Waals surface area contributed by atoms with Gasteiger partial charge in [-0.25, -0.2) is 9.48 Å². The molecular formula is C9H5BrClN3O2. The topological polar surface area (TPSA) is 68.0 Å². The predicted octanol–water partition coefficient (Wildman–Crippen LogP) is 2.38. The molecule has 0 spiro atoms. The number of carboxylic acid groups (broad SMARTS) is 1. The summed E-state index contributed by atoms with van der Waals surface area (Å²) in [6, 6.07) is 5.12. The first kappa shape index (κ1) is 11.1. The molecule has 0 aliphatic rings. The van der Waals surface area contributed by atoms with Gasteiger partial charge in [-0.2, -0.15) is 0 Å². The first-order chi connectivity index (χ1) is 7.58. The minimum Gasteiger partial charge on any atom is -0.476 e. The van der Waals surface area contributed by atoms with E-state index in [0.29, 0.717) is 15.2 Å². The number of rotatable bonds is 2. The van der Waals surface area contributed by atoms with Crippen LogP contribution in [0, 0.1) is 0 Å². The van der Waals surface area contributed by atoms with Crippen LogP contribution < -0.4 is 0 Å². The fourth-order valence-electron chi connectivity index (χ4n) is 1.12. The maximum atomic E-state index is 10.6. The van der Waals surface area contributed by atoms with Crippen molar-refractivity contribution in [3.63, 3.8) is 0 Å². The predicted molar refractivity (Wildman–Crippen MR) is 61.0 cm³/mol. The Labute approximate surface area is 104 Å². The van der Waals surface area contributed by atoms with Crippen LogP contribution in [0.3, 0.4) is 0 Å². The van der Waals surface area contributed by atoms with Crippen molar-refractivity contribution in [3.8, 4) is 5.69 Å². The third-order valence-electron chi connectivity index (χ3n) is 1.88. The molecule has 1 N–H and O–H groups in total. The second-order valence-electron chi connectivity index (χ2n) is 2.95. The number of hydrogen-bond donors (Lipinski definition) is 1. The Bertz CT molecular complexity index is 555. The number of halogens is 2. The van der Waals surface area contributed by atoms with E-state index in [9.17, 15) is 4.79 Å². The van der Waals surface area contributed by atoms with E-state index in [1.54, 1.807) is 18.2 Å². The minimum atomic E-state index is -1.11. The Kier molecular flexibility index (Phi) is 2.93. The van der Waals surface area contributed by atoms with Crippen molar-refractivity contribution in [3.05, 3.63) is 39.6 Å². The van der Waals surface area contributed by atoms with Crippen LogP contribution in [0.2, 0.25) is 5.02 Å². The van der Waals surface area contributed by atoms with Gasteiger partial charge in [-0.15, -0.1) is 5.10 Å². The van der Waals surface area contributed by atoms with Gasteiger partial charge in [0.25, 0.3) is 0 Å². The average molecular weight is 303 g/mol. The van der Waals surface area contributed by atoms with Gasteiger partial charge in [0.1, 0.15) is 0 Å². The minimum absolute atomic E-state index is 0.105. The van der Waals surface area contributed by atoms with E-state index in [-0.39, 0.29) is 5.69 Å². The van der Waals surface area contributed by atoms with E-state index in [4.69, 9.17) is 16.7 Å². The lowest BCUT2D eigenvalue weighted by molar-refractivity contribution is 0.0690. The van der Waals surface area contributed by atoms with E-state index in [2.05, 4.69) is 26.2 Å². The maximum Gasteiger partial charge on any atom is 0.358 e. The van der Waals surface area contributed by atoms with Gasteiger partial charge in [-0.1, -0.05) is 16.8 Å². The largest absolute Gasteiger partial charge is 0.476 e. The normalized spacial score (nSPS) is 10.4. The summed E-state index contributed by atoms with van der Waals surface area (Å²) < 4.78 is 2.07. The van der Waals surface area contributed by atoms with E-state index < -0.39 is 5.97 Å². The molecule has 0 bridgehead atoms. The zero-order valence-electron chi connectivity index (χ0n) is 7.76. The number of aromatic nitrogens is 3. The van der Waals surface area contributed by atoms with Crippen molar-refractivity contribution in [2.24, 2.45) is 0 Å². The molecule has 1 aromatic heterocycles. The van der Waals surface area contributed by atoms with Crippen LogP contribution in [0.4, 0.5) is 0 Å². The summed E-state index contributed by atoms with van der Waals surface area (Å²) in [6.07, 6.45) is 1.33. The van der Waals surface area contributed by atoms with Crippen LogP contribution >= 0.6 is 27.5 Å². The third kappa shape index (κ3) is 2.07. The Morgan fingerprint density at radius 2 is 2.25 bits per heavy atom. The highest BCUT2D eigenvalue weighted by molar-refractivity contribution is 9.10. The van der Waals surface area contributed by atoms with Crippen LogP contribution in [0.25, 0.3) is 5.69 Å². The van der Waals surface area contributed by atoms with Gasteiger partial charge in [0, 0.05) is 4.47 Å². The molecule has 0 atom stereocenters. The lowest BCUT2D eigenvalue weighted by Gasteiger charge is -2.01. The standard InChI is InChI=1S/C9H5BrClN3O2/c10-6-3-5(1-2-7(6)11)14-4-8(9(15)16)12-13-14/h1-4H,(H,15,16). The Balaban J connectivity index is 2.42. The smallest absolute Gasteiger partial charge is 0.358 e. The number of carboxylic acids is 1. The third-order valence-corrected chi connectivity index (χ3v) is 3.09. The van der Waals surface area contributed by atoms with Crippen LogP contribution in [-0.4, -0.2) is 26.1 Å². The highest BCUT2D eigenvalue weighted by Crippen LogP contribution is 2.24. The van der Waals surface area contributed by atoms with Gasteiger partial charge in [0.15, 0.2) is 5.69 Å². The van der Waals surface area contributed by atoms with Crippen LogP contribution in [0.15, 0.2) is 28.9 Å². The quantitative estimate of drug-likeness (QED) is 0.925. The number of benzene rings is 1. The highest BCUT2D eigenvalue weighted by Gasteiger charge is 2.09. The molecule has 0 saturated heterocycles. The maximum absolute atomic E-state index is 10.6. The van der Waals surface area contributed by atoms with Crippen molar-refractivity contribution in [2.45, 2.75) is 0 Å². The van der Waals surface area contributed by atoms with E-state index in [1.807, 2.05) is 0 Å². The molecule has 0 unspecified atom stereocenters. The number of aromatic carboxylic acids is 1. The molecule has 7 heteroatoms. The summed E-state index contributed by atoms with van der Waals surface area (Å²) in [6.45, 7) is 0. The van der Waals surface area contributed by atoms with Crippen molar-refractivity contribution in [1.29, 1.82) is 0 Å². The van der Waals surface area contributed by atoms with Crippen molar-refractivity contribution in [1.82, 2.24) is 15.0 Å². The van der Waals surface area contributed by atoms with Gasteiger partial charge in [0.2, 0.25) is 0 Å².